The number of nitrogens with one attached hydrogen (secondary N) is 2. The average Bonchev–Trinajstić information content (AvgIpc) is 2.82. The van der Waals surface area contributed by atoms with Gasteiger partial charge in [-0.15, -0.1) is 0 Å². The van der Waals surface area contributed by atoms with Crippen molar-refractivity contribution in [1.82, 2.24) is 15.1 Å². The lowest BCUT2D eigenvalue weighted by Gasteiger charge is -2.22. The van der Waals surface area contributed by atoms with Gasteiger partial charge in [0.1, 0.15) is 24.0 Å². The van der Waals surface area contributed by atoms with Crippen LogP contribution in [0, 0.1) is 24.0 Å². The van der Waals surface area contributed by atoms with Gasteiger partial charge in [-0.2, -0.15) is 5.10 Å². The smallest absolute Gasteiger partial charge is 0.312 e. The van der Waals surface area contributed by atoms with Crippen molar-refractivity contribution in [2.24, 2.45) is 0 Å². The van der Waals surface area contributed by atoms with E-state index in [1.54, 1.807) is 13.8 Å². The molecule has 1 heterocycles. The average molecular weight is 346 g/mol. The highest BCUT2D eigenvalue weighted by Crippen LogP contribution is 2.21. The number of nitrogens with zero attached hydrogens (tertiary/aromatic N) is 3. The number of hydrogen-bond donors (Lipinski definition) is 2. The molecule has 1 aromatic carbocycles. The third-order valence-electron chi connectivity index (χ3n) is 4.22. The number of nitro groups is 1. The SMILES string of the molecule is Cc1nn(CC(=O)NC[C@@H](c2ccccc2)[NH+](C)C)c(C)c1[N+](=O)[O-]. The lowest BCUT2D eigenvalue weighted by molar-refractivity contribution is -0.890. The summed E-state index contributed by atoms with van der Waals surface area (Å²) in [4.78, 5) is 24.0. The third kappa shape index (κ3) is 4.42. The van der Waals surface area contributed by atoms with Gasteiger partial charge in [-0.1, -0.05) is 30.3 Å². The van der Waals surface area contributed by atoms with Crippen LogP contribution in [-0.4, -0.2) is 41.3 Å². The van der Waals surface area contributed by atoms with Crippen molar-refractivity contribution in [2.45, 2.75) is 26.4 Å². The van der Waals surface area contributed by atoms with Gasteiger partial charge in [0.25, 0.3) is 0 Å². The molecule has 1 aromatic heterocycles. The quantitative estimate of drug-likeness (QED) is 0.561. The van der Waals surface area contributed by atoms with Crippen molar-refractivity contribution in [1.29, 1.82) is 0 Å². The van der Waals surface area contributed by atoms with E-state index in [9.17, 15) is 14.9 Å². The highest BCUT2D eigenvalue weighted by Gasteiger charge is 2.23. The minimum atomic E-state index is -0.465. The third-order valence-corrected chi connectivity index (χ3v) is 4.22. The lowest BCUT2D eigenvalue weighted by atomic mass is 10.1. The maximum Gasteiger partial charge on any atom is 0.312 e. The summed E-state index contributed by atoms with van der Waals surface area (Å²) in [6.45, 7) is 3.61. The fourth-order valence-electron chi connectivity index (χ4n) is 2.85. The summed E-state index contributed by atoms with van der Waals surface area (Å²) in [7, 11) is 4.07. The van der Waals surface area contributed by atoms with Gasteiger partial charge in [0.05, 0.1) is 25.6 Å². The van der Waals surface area contributed by atoms with Crippen molar-refractivity contribution < 1.29 is 14.6 Å². The zero-order chi connectivity index (χ0) is 18.6. The maximum atomic E-state index is 12.3. The summed E-state index contributed by atoms with van der Waals surface area (Å²) in [5.74, 6) is -0.220. The second kappa shape index (κ2) is 7.89. The number of carbonyl (C=O) groups excluding carboxylic acids is 1. The Morgan fingerprint density at radius 2 is 1.96 bits per heavy atom. The molecular weight excluding hydrogens is 322 g/mol. The highest BCUT2D eigenvalue weighted by molar-refractivity contribution is 5.75. The summed E-state index contributed by atoms with van der Waals surface area (Å²) in [5.41, 5.74) is 1.81. The minimum Gasteiger partial charge on any atom is -0.348 e. The number of benzene rings is 1. The molecule has 0 aliphatic heterocycles. The molecule has 0 aliphatic carbocycles. The molecule has 2 aromatic rings. The van der Waals surface area contributed by atoms with E-state index in [1.165, 1.54) is 9.58 Å². The number of aryl methyl sites for hydroxylation is 1. The highest BCUT2D eigenvalue weighted by atomic mass is 16.6. The molecule has 0 fully saturated rings. The molecule has 25 heavy (non-hydrogen) atoms. The molecular formula is C17H24N5O3+. The second-order valence-corrected chi connectivity index (χ2v) is 6.28. The molecule has 0 spiro atoms. The Bertz CT molecular complexity index is 755. The van der Waals surface area contributed by atoms with E-state index in [-0.39, 0.29) is 24.2 Å². The standard InChI is InChI=1S/C17H23N5O3/c1-12-17(22(24)25)13(2)21(19-12)11-16(23)18-10-15(20(3)4)14-8-6-5-7-9-14/h5-9,15H,10-11H2,1-4H3,(H,18,23)/p+1/t15-/m0/s1. The molecule has 8 nitrogen and oxygen atoms in total. The maximum absolute atomic E-state index is 12.3. The van der Waals surface area contributed by atoms with Gasteiger partial charge in [0.2, 0.25) is 5.91 Å². The van der Waals surface area contributed by atoms with E-state index in [4.69, 9.17) is 0 Å². The molecule has 0 saturated carbocycles. The number of hydrogen-bond acceptors (Lipinski definition) is 4. The van der Waals surface area contributed by atoms with Crippen LogP contribution < -0.4 is 10.2 Å². The predicted molar refractivity (Wildman–Crippen MR) is 93.4 cm³/mol. The molecule has 0 bridgehead atoms. The largest absolute Gasteiger partial charge is 0.348 e. The van der Waals surface area contributed by atoms with Crippen LogP contribution in [0.3, 0.4) is 0 Å². The molecule has 1 amide bonds. The molecule has 0 aliphatic rings. The first-order valence-corrected chi connectivity index (χ1v) is 8.11. The van der Waals surface area contributed by atoms with E-state index < -0.39 is 4.92 Å². The molecule has 1 atom stereocenters. The van der Waals surface area contributed by atoms with Crippen molar-refractivity contribution in [3.05, 3.63) is 57.4 Å². The second-order valence-electron chi connectivity index (χ2n) is 6.28. The predicted octanol–water partition coefficient (Wildman–Crippen LogP) is 0.410. The van der Waals surface area contributed by atoms with Crippen molar-refractivity contribution >= 4 is 11.6 Å². The van der Waals surface area contributed by atoms with Crippen LogP contribution in [0.4, 0.5) is 5.69 Å². The van der Waals surface area contributed by atoms with E-state index in [0.717, 1.165) is 5.56 Å². The Morgan fingerprint density at radius 1 is 1.32 bits per heavy atom. The fraction of sp³-hybridized carbons (Fsp3) is 0.412. The fourth-order valence-corrected chi connectivity index (χ4v) is 2.85. The first kappa shape index (κ1) is 18.6. The number of carbonyl (C=O) groups is 1. The molecule has 2 N–H and O–H groups in total. The van der Waals surface area contributed by atoms with Crippen molar-refractivity contribution in [3.63, 3.8) is 0 Å². The molecule has 2 rings (SSSR count). The van der Waals surface area contributed by atoms with E-state index in [1.807, 2.05) is 44.4 Å². The normalized spacial score (nSPS) is 12.2. The topological polar surface area (TPSA) is 94.5 Å². The van der Waals surface area contributed by atoms with Crippen LogP contribution in [0.2, 0.25) is 0 Å². The van der Waals surface area contributed by atoms with Crippen molar-refractivity contribution in [2.75, 3.05) is 20.6 Å². The zero-order valence-electron chi connectivity index (χ0n) is 14.9. The number of aromatic nitrogens is 2. The summed E-state index contributed by atoms with van der Waals surface area (Å²) in [6, 6.07) is 10.1. The van der Waals surface area contributed by atoms with Gasteiger partial charge in [-0.05, 0) is 13.8 Å². The Morgan fingerprint density at radius 3 is 2.48 bits per heavy atom. The van der Waals surface area contributed by atoms with Crippen LogP contribution in [0.5, 0.6) is 0 Å². The summed E-state index contributed by atoms with van der Waals surface area (Å²) >= 11 is 0. The van der Waals surface area contributed by atoms with Crippen LogP contribution in [0.15, 0.2) is 30.3 Å². The Labute approximate surface area is 146 Å². The van der Waals surface area contributed by atoms with Crippen LogP contribution in [-0.2, 0) is 11.3 Å². The molecule has 8 heteroatoms. The van der Waals surface area contributed by atoms with E-state index in [2.05, 4.69) is 10.4 Å². The monoisotopic (exact) mass is 346 g/mol. The Hall–Kier alpha value is -2.74. The first-order valence-electron chi connectivity index (χ1n) is 8.11. The van der Waals surface area contributed by atoms with Gasteiger partial charge < -0.3 is 10.2 Å². The Kier molecular flexibility index (Phi) is 5.87. The molecule has 0 radical (unpaired) electrons. The van der Waals surface area contributed by atoms with Gasteiger partial charge in [-0.25, -0.2) is 0 Å². The van der Waals surface area contributed by atoms with Crippen LogP contribution in [0.1, 0.15) is 23.0 Å². The van der Waals surface area contributed by atoms with Gasteiger partial charge in [0, 0.05) is 5.56 Å². The summed E-state index contributed by atoms with van der Waals surface area (Å²) in [6.07, 6.45) is 0. The Balaban J connectivity index is 2.03. The number of likely N-dealkylation sites (N-methyl/N-ethyl adjacent to an activating group) is 1. The van der Waals surface area contributed by atoms with Gasteiger partial charge >= 0.3 is 5.69 Å². The number of rotatable bonds is 7. The van der Waals surface area contributed by atoms with Gasteiger partial charge in [0.15, 0.2) is 0 Å². The van der Waals surface area contributed by atoms with E-state index >= 15 is 0 Å². The molecule has 0 saturated heterocycles. The number of quaternary nitrogens is 1. The van der Waals surface area contributed by atoms with Crippen molar-refractivity contribution in [3.8, 4) is 0 Å². The summed E-state index contributed by atoms with van der Waals surface area (Å²) in [5, 5.41) is 18.0. The minimum absolute atomic E-state index is 0.0345. The zero-order valence-corrected chi connectivity index (χ0v) is 14.9. The summed E-state index contributed by atoms with van der Waals surface area (Å²) < 4.78 is 1.38. The van der Waals surface area contributed by atoms with Crippen LogP contribution in [0.25, 0.3) is 0 Å². The molecule has 134 valence electrons. The number of amides is 1. The van der Waals surface area contributed by atoms with Gasteiger partial charge in [-0.3, -0.25) is 19.6 Å². The van der Waals surface area contributed by atoms with E-state index in [0.29, 0.717) is 17.9 Å². The first-order chi connectivity index (χ1) is 11.8. The lowest BCUT2D eigenvalue weighted by Crippen LogP contribution is -3.07. The van der Waals surface area contributed by atoms with Crippen LogP contribution >= 0.6 is 0 Å². The molecule has 0 unspecified atom stereocenters.